The molecule has 132 valence electrons. The molecule has 3 aromatic carbocycles. The van der Waals surface area contributed by atoms with Crippen LogP contribution in [0.3, 0.4) is 0 Å². The van der Waals surface area contributed by atoms with Crippen molar-refractivity contribution in [3.05, 3.63) is 83.4 Å². The van der Waals surface area contributed by atoms with Gasteiger partial charge in [0.05, 0.1) is 11.6 Å². The zero-order valence-corrected chi connectivity index (χ0v) is 14.7. The molecule has 5 nitrogen and oxygen atoms in total. The van der Waals surface area contributed by atoms with Crippen LogP contribution in [0.25, 0.3) is 22.0 Å². The Balaban J connectivity index is 1.54. The maximum atomic E-state index is 6.14. The van der Waals surface area contributed by atoms with Crippen LogP contribution in [0.4, 0.5) is 11.8 Å². The number of hydrogen-bond donors (Lipinski definition) is 3. The summed E-state index contributed by atoms with van der Waals surface area (Å²) in [5.74, 6) is 0.617. The Morgan fingerprint density at radius 3 is 2.15 bits per heavy atom. The molecule has 0 aliphatic heterocycles. The van der Waals surface area contributed by atoms with Gasteiger partial charge in [-0.1, -0.05) is 60.7 Å². The van der Waals surface area contributed by atoms with E-state index in [0.29, 0.717) is 12.4 Å². The molecular formula is C22H19N5. The molecule has 1 aliphatic carbocycles. The third kappa shape index (κ3) is 2.52. The van der Waals surface area contributed by atoms with Crippen molar-refractivity contribution >= 4 is 22.7 Å². The smallest absolute Gasteiger partial charge is 0.222 e. The maximum Gasteiger partial charge on any atom is 0.222 e. The number of nitrogens with zero attached hydrogens (tertiary/aromatic N) is 2. The molecule has 0 atom stereocenters. The summed E-state index contributed by atoms with van der Waals surface area (Å²) in [6.45, 7) is 0.655. The standard InChI is InChI=1S/C22H19N5/c23-21-19-13(6-5-11-18(19)26-22(24)27-21)12-25-20-16-9-3-1-7-14(16)15-8-2-4-10-17(15)20/h1-11,20,25H,12H2,(H4,23,24,26,27). The summed E-state index contributed by atoms with van der Waals surface area (Å²) in [5.41, 5.74) is 18.9. The average molecular weight is 353 g/mol. The van der Waals surface area contributed by atoms with E-state index in [1.165, 1.54) is 22.3 Å². The lowest BCUT2D eigenvalue weighted by molar-refractivity contribution is 0.618. The van der Waals surface area contributed by atoms with Crippen LogP contribution < -0.4 is 16.8 Å². The van der Waals surface area contributed by atoms with Gasteiger partial charge in [0.1, 0.15) is 5.82 Å². The molecule has 1 aromatic heterocycles. The first kappa shape index (κ1) is 15.8. The molecule has 0 saturated carbocycles. The molecule has 0 fully saturated rings. The van der Waals surface area contributed by atoms with Crippen LogP contribution in [0.2, 0.25) is 0 Å². The second kappa shape index (κ2) is 6.07. The Morgan fingerprint density at radius 2 is 1.44 bits per heavy atom. The monoisotopic (exact) mass is 353 g/mol. The molecule has 5 rings (SSSR count). The van der Waals surface area contributed by atoms with Crippen molar-refractivity contribution in [2.45, 2.75) is 12.6 Å². The Hall–Kier alpha value is -3.44. The molecule has 5 N–H and O–H groups in total. The van der Waals surface area contributed by atoms with Crippen molar-refractivity contribution in [2.75, 3.05) is 11.5 Å². The molecule has 0 amide bonds. The predicted molar refractivity (Wildman–Crippen MR) is 109 cm³/mol. The van der Waals surface area contributed by atoms with E-state index in [1.807, 2.05) is 12.1 Å². The summed E-state index contributed by atoms with van der Waals surface area (Å²) in [4.78, 5) is 8.44. The lowest BCUT2D eigenvalue weighted by atomic mass is 10.0. The number of rotatable bonds is 3. The number of nitrogens with one attached hydrogen (secondary N) is 1. The van der Waals surface area contributed by atoms with Gasteiger partial charge in [0.2, 0.25) is 5.95 Å². The lowest BCUT2D eigenvalue weighted by Crippen LogP contribution is -2.20. The summed E-state index contributed by atoms with van der Waals surface area (Å²) < 4.78 is 0. The van der Waals surface area contributed by atoms with E-state index in [9.17, 15) is 0 Å². The van der Waals surface area contributed by atoms with Crippen LogP contribution in [-0.2, 0) is 6.54 Å². The van der Waals surface area contributed by atoms with Gasteiger partial charge in [-0.15, -0.1) is 0 Å². The quantitative estimate of drug-likeness (QED) is 0.523. The fourth-order valence-corrected chi connectivity index (χ4v) is 4.04. The fraction of sp³-hybridized carbons (Fsp3) is 0.0909. The van der Waals surface area contributed by atoms with E-state index in [4.69, 9.17) is 11.5 Å². The number of benzene rings is 3. The molecular weight excluding hydrogens is 334 g/mol. The van der Waals surface area contributed by atoms with Gasteiger partial charge in [0, 0.05) is 11.9 Å². The molecule has 4 aromatic rings. The van der Waals surface area contributed by atoms with Crippen molar-refractivity contribution in [1.29, 1.82) is 0 Å². The van der Waals surface area contributed by atoms with E-state index >= 15 is 0 Å². The van der Waals surface area contributed by atoms with Crippen molar-refractivity contribution in [1.82, 2.24) is 15.3 Å². The number of hydrogen-bond acceptors (Lipinski definition) is 5. The normalized spacial score (nSPS) is 12.9. The number of nitrogens with two attached hydrogens (primary N) is 2. The Bertz CT molecular complexity index is 1120. The van der Waals surface area contributed by atoms with Gasteiger partial charge < -0.3 is 16.8 Å². The summed E-state index contributed by atoms with van der Waals surface area (Å²) in [6, 6.07) is 23.2. The number of nitrogen functional groups attached to an aromatic ring is 2. The lowest BCUT2D eigenvalue weighted by Gasteiger charge is -2.17. The van der Waals surface area contributed by atoms with Gasteiger partial charge in [-0.25, -0.2) is 4.98 Å². The van der Waals surface area contributed by atoms with Crippen LogP contribution in [0.5, 0.6) is 0 Å². The first-order chi connectivity index (χ1) is 13.2. The highest BCUT2D eigenvalue weighted by atomic mass is 15.0. The van der Waals surface area contributed by atoms with Gasteiger partial charge in [0.25, 0.3) is 0 Å². The Labute approximate surface area is 157 Å². The minimum absolute atomic E-state index is 0.142. The third-order valence-corrected chi connectivity index (χ3v) is 5.19. The summed E-state index contributed by atoms with van der Waals surface area (Å²) in [6.07, 6.45) is 0. The molecule has 0 unspecified atom stereocenters. The van der Waals surface area contributed by atoms with Crippen LogP contribution in [0.15, 0.2) is 66.7 Å². The first-order valence-electron chi connectivity index (χ1n) is 8.94. The van der Waals surface area contributed by atoms with Gasteiger partial charge >= 0.3 is 0 Å². The molecule has 5 heteroatoms. The Kier molecular flexibility index (Phi) is 3.55. The Morgan fingerprint density at radius 1 is 0.778 bits per heavy atom. The molecule has 27 heavy (non-hydrogen) atoms. The molecule has 1 aliphatic rings. The SMILES string of the molecule is Nc1nc(N)c2c(CNC3c4ccccc4-c4ccccc43)cccc2n1. The highest BCUT2D eigenvalue weighted by Gasteiger charge is 2.27. The molecule has 0 radical (unpaired) electrons. The van der Waals surface area contributed by atoms with Gasteiger partial charge in [-0.3, -0.25) is 0 Å². The zero-order valence-electron chi connectivity index (χ0n) is 14.7. The second-order valence-corrected chi connectivity index (χ2v) is 6.77. The maximum absolute atomic E-state index is 6.14. The van der Waals surface area contributed by atoms with Crippen LogP contribution in [-0.4, -0.2) is 9.97 Å². The highest BCUT2D eigenvalue weighted by molar-refractivity contribution is 5.92. The van der Waals surface area contributed by atoms with Crippen molar-refractivity contribution < 1.29 is 0 Å². The molecule has 1 heterocycles. The topological polar surface area (TPSA) is 89.8 Å². The molecule has 0 saturated heterocycles. The summed E-state index contributed by atoms with van der Waals surface area (Å²) >= 11 is 0. The first-order valence-corrected chi connectivity index (χ1v) is 8.94. The fourth-order valence-electron chi connectivity index (χ4n) is 4.04. The van der Waals surface area contributed by atoms with Gasteiger partial charge in [0.15, 0.2) is 0 Å². The van der Waals surface area contributed by atoms with E-state index < -0.39 is 0 Å². The van der Waals surface area contributed by atoms with Gasteiger partial charge in [-0.05, 0) is 33.9 Å². The average Bonchev–Trinajstić information content (AvgIpc) is 3.00. The van der Waals surface area contributed by atoms with Crippen molar-refractivity contribution in [2.24, 2.45) is 0 Å². The van der Waals surface area contributed by atoms with Crippen LogP contribution in [0.1, 0.15) is 22.7 Å². The highest BCUT2D eigenvalue weighted by Crippen LogP contribution is 2.43. The molecule has 0 spiro atoms. The van der Waals surface area contributed by atoms with Crippen LogP contribution >= 0.6 is 0 Å². The summed E-state index contributed by atoms with van der Waals surface area (Å²) in [5, 5.41) is 4.56. The van der Waals surface area contributed by atoms with Crippen molar-refractivity contribution in [3.63, 3.8) is 0 Å². The largest absolute Gasteiger partial charge is 0.383 e. The molecule has 0 bridgehead atoms. The van der Waals surface area contributed by atoms with E-state index in [1.54, 1.807) is 0 Å². The van der Waals surface area contributed by atoms with Gasteiger partial charge in [-0.2, -0.15) is 4.98 Å². The van der Waals surface area contributed by atoms with Crippen LogP contribution in [0, 0.1) is 0 Å². The van der Waals surface area contributed by atoms with E-state index in [0.717, 1.165) is 16.5 Å². The second-order valence-electron chi connectivity index (χ2n) is 6.77. The zero-order chi connectivity index (χ0) is 18.4. The minimum atomic E-state index is 0.142. The minimum Gasteiger partial charge on any atom is -0.383 e. The summed E-state index contributed by atoms with van der Waals surface area (Å²) in [7, 11) is 0. The predicted octanol–water partition coefficient (Wildman–Crippen LogP) is 3.65. The van der Waals surface area contributed by atoms with E-state index in [2.05, 4.69) is 69.9 Å². The number of fused-ring (bicyclic) bond motifs is 4. The number of anilines is 2. The third-order valence-electron chi connectivity index (χ3n) is 5.19. The van der Waals surface area contributed by atoms with Crippen molar-refractivity contribution in [3.8, 4) is 11.1 Å². The van der Waals surface area contributed by atoms with E-state index in [-0.39, 0.29) is 12.0 Å². The number of aromatic nitrogens is 2.